The van der Waals surface area contributed by atoms with E-state index < -0.39 is 16.8 Å². The van der Waals surface area contributed by atoms with Crippen molar-refractivity contribution in [2.24, 2.45) is 0 Å². The molecule has 0 spiro atoms. The van der Waals surface area contributed by atoms with E-state index in [9.17, 15) is 9.59 Å². The molecule has 14 heavy (non-hydrogen) atoms. The average Bonchev–Trinajstić information content (AvgIpc) is 2.02. The molecular weight excluding hydrogens is 208 g/mol. The van der Waals surface area contributed by atoms with Gasteiger partial charge < -0.3 is 9.47 Å². The molecule has 0 atom stereocenters. The molecule has 0 saturated heterocycles. The molecule has 0 N–H and O–H groups in total. The minimum absolute atomic E-state index is 0.194. The summed E-state index contributed by atoms with van der Waals surface area (Å²) in [4.78, 5) is 20.9. The Bertz CT molecular complexity index is 252. The van der Waals surface area contributed by atoms with E-state index in [-0.39, 0.29) is 12.4 Å². The third kappa shape index (κ3) is 4.28. The molecule has 0 aromatic carbocycles. The van der Waals surface area contributed by atoms with Crippen LogP contribution in [0.2, 0.25) is 0 Å². The lowest BCUT2D eigenvalue weighted by molar-refractivity contribution is -0.152. The number of carbonyl (C=O) groups is 2. The van der Waals surface area contributed by atoms with E-state index in [0.29, 0.717) is 0 Å². The van der Waals surface area contributed by atoms with Gasteiger partial charge in [-0.3, -0.25) is 0 Å². The van der Waals surface area contributed by atoms with E-state index in [4.69, 9.17) is 11.6 Å². The summed E-state index contributed by atoms with van der Waals surface area (Å²) in [6, 6.07) is 0. The third-order valence-electron chi connectivity index (χ3n) is 1.20. The molecule has 0 bridgehead atoms. The van der Waals surface area contributed by atoms with E-state index in [2.05, 4.69) is 16.1 Å². The van der Waals surface area contributed by atoms with Gasteiger partial charge in [0, 0.05) is 0 Å². The van der Waals surface area contributed by atoms with Gasteiger partial charge in [-0.25, -0.2) is 9.59 Å². The summed E-state index contributed by atoms with van der Waals surface area (Å²) in [6.07, 6.45) is 0. The number of ether oxygens (including phenoxy) is 2. The van der Waals surface area contributed by atoms with Gasteiger partial charge in [-0.15, -0.1) is 11.6 Å². The number of esters is 2. The van der Waals surface area contributed by atoms with Gasteiger partial charge in [0.1, 0.15) is 4.87 Å². The molecule has 0 aliphatic heterocycles. The maximum atomic E-state index is 11.2. The van der Waals surface area contributed by atoms with Crippen molar-refractivity contribution in [3.8, 4) is 0 Å². The van der Waals surface area contributed by atoms with Crippen LogP contribution in [0.3, 0.4) is 0 Å². The number of hydrogen-bond donors (Lipinski definition) is 0. The zero-order valence-corrected chi connectivity index (χ0v) is 9.18. The molecule has 0 radical (unpaired) electrons. The summed E-state index contributed by atoms with van der Waals surface area (Å²) in [7, 11) is 0. The SMILES string of the molecule is C=C(OC(=O)C(C)(C)Cl)C(=O)OCC. The van der Waals surface area contributed by atoms with Crippen LogP contribution in [-0.4, -0.2) is 23.4 Å². The Morgan fingerprint density at radius 2 is 1.93 bits per heavy atom. The van der Waals surface area contributed by atoms with Gasteiger partial charge in [0.05, 0.1) is 6.61 Å². The van der Waals surface area contributed by atoms with E-state index in [1.165, 1.54) is 13.8 Å². The molecule has 0 aliphatic rings. The summed E-state index contributed by atoms with van der Waals surface area (Å²) in [5.74, 6) is -1.86. The fourth-order valence-corrected chi connectivity index (χ4v) is 0.525. The van der Waals surface area contributed by atoms with Crippen molar-refractivity contribution >= 4 is 23.5 Å². The third-order valence-corrected chi connectivity index (χ3v) is 1.36. The van der Waals surface area contributed by atoms with Gasteiger partial charge in [0.25, 0.3) is 0 Å². The van der Waals surface area contributed by atoms with Crippen LogP contribution in [0, 0.1) is 0 Å². The first kappa shape index (κ1) is 13.0. The fourth-order valence-electron chi connectivity index (χ4n) is 0.487. The zero-order chi connectivity index (χ0) is 11.4. The number of rotatable bonds is 4. The normalized spacial score (nSPS) is 10.6. The maximum absolute atomic E-state index is 11.2. The van der Waals surface area contributed by atoms with E-state index >= 15 is 0 Å². The molecule has 0 amide bonds. The van der Waals surface area contributed by atoms with Crippen LogP contribution in [0.1, 0.15) is 20.8 Å². The second-order valence-electron chi connectivity index (χ2n) is 3.01. The van der Waals surface area contributed by atoms with Crippen LogP contribution < -0.4 is 0 Å². The van der Waals surface area contributed by atoms with E-state index in [1.807, 2.05) is 0 Å². The van der Waals surface area contributed by atoms with Gasteiger partial charge in [-0.1, -0.05) is 0 Å². The molecule has 4 nitrogen and oxygen atoms in total. The van der Waals surface area contributed by atoms with Crippen LogP contribution >= 0.6 is 11.6 Å². The van der Waals surface area contributed by atoms with Gasteiger partial charge in [0.15, 0.2) is 0 Å². The maximum Gasteiger partial charge on any atom is 0.373 e. The van der Waals surface area contributed by atoms with Crippen molar-refractivity contribution < 1.29 is 19.1 Å². The number of halogens is 1. The van der Waals surface area contributed by atoms with Crippen LogP contribution in [0.25, 0.3) is 0 Å². The van der Waals surface area contributed by atoms with Gasteiger partial charge in [0.2, 0.25) is 5.76 Å². The van der Waals surface area contributed by atoms with Gasteiger partial charge in [-0.2, -0.15) is 0 Å². The highest BCUT2D eigenvalue weighted by atomic mass is 35.5. The van der Waals surface area contributed by atoms with Crippen molar-refractivity contribution in [2.45, 2.75) is 25.6 Å². The minimum atomic E-state index is -1.19. The van der Waals surface area contributed by atoms with E-state index in [1.54, 1.807) is 6.92 Å². The molecule has 0 aromatic heterocycles. The smallest absolute Gasteiger partial charge is 0.373 e. The molecule has 5 heteroatoms. The molecular formula is C9H13ClO4. The lowest BCUT2D eigenvalue weighted by Crippen LogP contribution is -2.28. The molecule has 0 saturated carbocycles. The Morgan fingerprint density at radius 3 is 2.29 bits per heavy atom. The Balaban J connectivity index is 4.21. The Morgan fingerprint density at radius 1 is 1.43 bits per heavy atom. The molecule has 80 valence electrons. The van der Waals surface area contributed by atoms with E-state index in [0.717, 1.165) is 0 Å². The standard InChI is InChI=1S/C9H13ClO4/c1-5-13-7(11)6(2)14-8(12)9(3,4)10/h2,5H2,1,3-4H3. The van der Waals surface area contributed by atoms with Crippen LogP contribution in [-0.2, 0) is 19.1 Å². The summed E-state index contributed by atoms with van der Waals surface area (Å²) in [5, 5.41) is 0. The highest BCUT2D eigenvalue weighted by molar-refractivity contribution is 6.33. The highest BCUT2D eigenvalue weighted by Gasteiger charge is 2.28. The Kier molecular flexibility index (Phi) is 4.63. The predicted molar refractivity (Wildman–Crippen MR) is 51.8 cm³/mol. The summed E-state index contributed by atoms with van der Waals surface area (Å²) < 4.78 is 9.15. The number of alkyl halides is 1. The second-order valence-corrected chi connectivity index (χ2v) is 3.95. The summed E-state index contributed by atoms with van der Waals surface area (Å²) >= 11 is 5.64. The molecule has 0 rings (SSSR count). The topological polar surface area (TPSA) is 52.6 Å². The number of carbonyl (C=O) groups excluding carboxylic acids is 2. The molecule has 0 aliphatic carbocycles. The van der Waals surface area contributed by atoms with Gasteiger partial charge in [-0.05, 0) is 27.4 Å². The largest absolute Gasteiger partial charge is 0.460 e. The predicted octanol–water partition coefficient (Wildman–Crippen LogP) is 1.62. The lowest BCUT2D eigenvalue weighted by atomic mass is 10.2. The molecule has 0 aromatic rings. The average molecular weight is 221 g/mol. The van der Waals surface area contributed by atoms with Crippen molar-refractivity contribution in [3.05, 3.63) is 12.3 Å². The minimum Gasteiger partial charge on any atom is -0.460 e. The molecule has 0 heterocycles. The second kappa shape index (κ2) is 5.00. The van der Waals surface area contributed by atoms with Crippen molar-refractivity contribution in [3.63, 3.8) is 0 Å². The highest BCUT2D eigenvalue weighted by Crippen LogP contribution is 2.16. The van der Waals surface area contributed by atoms with Gasteiger partial charge >= 0.3 is 11.9 Å². The summed E-state index contributed by atoms with van der Waals surface area (Å²) in [6.45, 7) is 7.99. The molecule has 0 unspecified atom stereocenters. The van der Waals surface area contributed by atoms with Crippen molar-refractivity contribution in [1.29, 1.82) is 0 Å². The first-order valence-electron chi connectivity index (χ1n) is 4.06. The zero-order valence-electron chi connectivity index (χ0n) is 8.43. The first-order chi connectivity index (χ1) is 6.29. The number of hydrogen-bond acceptors (Lipinski definition) is 4. The Hall–Kier alpha value is -1.03. The van der Waals surface area contributed by atoms with Crippen LogP contribution in [0.15, 0.2) is 12.3 Å². The Labute approximate surface area is 87.8 Å². The van der Waals surface area contributed by atoms with Crippen LogP contribution in [0.4, 0.5) is 0 Å². The van der Waals surface area contributed by atoms with Crippen molar-refractivity contribution in [1.82, 2.24) is 0 Å². The summed E-state index contributed by atoms with van der Waals surface area (Å²) in [5.41, 5.74) is 0. The van der Waals surface area contributed by atoms with Crippen LogP contribution in [0.5, 0.6) is 0 Å². The monoisotopic (exact) mass is 220 g/mol. The molecule has 0 fully saturated rings. The lowest BCUT2D eigenvalue weighted by Gasteiger charge is -2.14. The fraction of sp³-hybridized carbons (Fsp3) is 0.556. The first-order valence-corrected chi connectivity index (χ1v) is 4.44. The quantitative estimate of drug-likeness (QED) is 0.313. The van der Waals surface area contributed by atoms with Crippen molar-refractivity contribution in [2.75, 3.05) is 6.61 Å².